The van der Waals surface area contributed by atoms with Crippen molar-refractivity contribution in [3.8, 4) is 5.75 Å². The lowest BCUT2D eigenvalue weighted by molar-refractivity contribution is -0.151. The Balaban J connectivity index is 1.45. The number of likely N-dealkylation sites (tertiary alicyclic amines) is 2. The van der Waals surface area contributed by atoms with Crippen LogP contribution in [0, 0.1) is 11.3 Å². The van der Waals surface area contributed by atoms with Crippen LogP contribution in [-0.2, 0) is 9.59 Å². The van der Waals surface area contributed by atoms with Gasteiger partial charge in [-0.2, -0.15) is 0 Å². The molecule has 2 heterocycles. The second kappa shape index (κ2) is 7.95. The van der Waals surface area contributed by atoms with E-state index in [1.165, 1.54) is 5.56 Å². The maximum absolute atomic E-state index is 13.4. The van der Waals surface area contributed by atoms with Gasteiger partial charge in [-0.05, 0) is 62.1 Å². The van der Waals surface area contributed by atoms with Crippen molar-refractivity contribution in [2.45, 2.75) is 44.1 Å². The van der Waals surface area contributed by atoms with Gasteiger partial charge in [-0.15, -0.1) is 0 Å². The minimum absolute atomic E-state index is 0.00933. The molecule has 1 aliphatic carbocycles. The van der Waals surface area contributed by atoms with Crippen LogP contribution in [0.5, 0.6) is 5.75 Å². The van der Waals surface area contributed by atoms with Crippen molar-refractivity contribution in [1.82, 2.24) is 15.3 Å². The minimum Gasteiger partial charge on any atom is -0.496 e. The van der Waals surface area contributed by atoms with Gasteiger partial charge < -0.3 is 9.64 Å². The van der Waals surface area contributed by atoms with E-state index >= 15 is 0 Å². The summed E-state index contributed by atoms with van der Waals surface area (Å²) in [6.45, 7) is 2.19. The number of methoxy groups -OCH3 is 1. The predicted molar refractivity (Wildman–Crippen MR) is 108 cm³/mol. The molecule has 2 N–H and O–H groups in total. The molecule has 1 saturated carbocycles. The molecule has 1 aromatic carbocycles. The van der Waals surface area contributed by atoms with Crippen LogP contribution in [0.1, 0.15) is 43.6 Å². The average molecular weight is 402 g/mol. The molecule has 7 heteroatoms. The van der Waals surface area contributed by atoms with Gasteiger partial charge in [-0.3, -0.25) is 19.7 Å². The van der Waals surface area contributed by atoms with E-state index in [0.717, 1.165) is 38.0 Å². The highest BCUT2D eigenvalue weighted by Gasteiger charge is 2.55. The molecule has 0 unspecified atom stereocenters. The molecule has 4 rings (SSSR count). The van der Waals surface area contributed by atoms with Gasteiger partial charge in [-0.1, -0.05) is 18.2 Å². The number of para-hydroxylation sites is 1. The van der Waals surface area contributed by atoms with Crippen LogP contribution in [0.4, 0.5) is 0 Å². The van der Waals surface area contributed by atoms with E-state index in [1.807, 2.05) is 35.0 Å². The first kappa shape index (κ1) is 20.2. The predicted octanol–water partition coefficient (Wildman–Crippen LogP) is 2.01. The van der Waals surface area contributed by atoms with Crippen molar-refractivity contribution < 1.29 is 19.5 Å². The van der Waals surface area contributed by atoms with Gasteiger partial charge >= 0.3 is 0 Å². The van der Waals surface area contributed by atoms with Crippen molar-refractivity contribution in [2.24, 2.45) is 11.3 Å². The Morgan fingerprint density at radius 2 is 1.90 bits per heavy atom. The zero-order valence-electron chi connectivity index (χ0n) is 17.3. The Morgan fingerprint density at radius 1 is 1.21 bits per heavy atom. The largest absolute Gasteiger partial charge is 0.496 e. The summed E-state index contributed by atoms with van der Waals surface area (Å²) >= 11 is 0. The van der Waals surface area contributed by atoms with Gasteiger partial charge in [0.1, 0.15) is 11.8 Å². The molecule has 29 heavy (non-hydrogen) atoms. The highest BCUT2D eigenvalue weighted by Crippen LogP contribution is 2.54. The number of rotatable bonds is 4. The second-order valence-corrected chi connectivity index (χ2v) is 8.99. The molecule has 2 aliphatic heterocycles. The van der Waals surface area contributed by atoms with E-state index in [4.69, 9.17) is 4.74 Å². The van der Waals surface area contributed by atoms with Gasteiger partial charge in [0.2, 0.25) is 11.8 Å². The lowest BCUT2D eigenvalue weighted by Gasteiger charge is -2.44. The van der Waals surface area contributed by atoms with Crippen LogP contribution in [0.2, 0.25) is 0 Å². The monoisotopic (exact) mass is 401 g/mol. The molecule has 0 bridgehead atoms. The second-order valence-electron chi connectivity index (χ2n) is 8.99. The van der Waals surface area contributed by atoms with Crippen LogP contribution >= 0.6 is 0 Å². The zero-order valence-corrected chi connectivity index (χ0v) is 17.3. The molecule has 2 atom stereocenters. The summed E-state index contributed by atoms with van der Waals surface area (Å²) in [5, 5.41) is 9.23. The number of likely N-dealkylation sites (N-methyl/N-ethyl adjacent to an activating group) is 1. The quantitative estimate of drug-likeness (QED) is 0.596. The van der Waals surface area contributed by atoms with Crippen molar-refractivity contribution >= 4 is 11.8 Å². The van der Waals surface area contributed by atoms with Crippen LogP contribution in [0.3, 0.4) is 0 Å². The molecule has 3 fully saturated rings. The van der Waals surface area contributed by atoms with E-state index in [9.17, 15) is 14.8 Å². The third kappa shape index (κ3) is 3.85. The van der Waals surface area contributed by atoms with E-state index in [0.29, 0.717) is 25.4 Å². The summed E-state index contributed by atoms with van der Waals surface area (Å²) in [7, 11) is 3.62. The Kier molecular flexibility index (Phi) is 5.53. The number of hydrogen-bond acceptors (Lipinski definition) is 5. The fourth-order valence-corrected chi connectivity index (χ4v) is 5.40. The topological polar surface area (TPSA) is 82.1 Å². The maximum atomic E-state index is 13.4. The first-order valence-electron chi connectivity index (χ1n) is 10.5. The Bertz CT molecular complexity index is 771. The highest BCUT2D eigenvalue weighted by atomic mass is 16.5. The van der Waals surface area contributed by atoms with Gasteiger partial charge in [0.15, 0.2) is 0 Å². The zero-order chi connectivity index (χ0) is 20.6. The highest BCUT2D eigenvalue weighted by molar-refractivity contribution is 5.90. The lowest BCUT2D eigenvalue weighted by Crippen LogP contribution is -2.59. The molecule has 2 saturated heterocycles. The Hall–Kier alpha value is -2.12. The van der Waals surface area contributed by atoms with Crippen molar-refractivity contribution in [2.75, 3.05) is 33.8 Å². The molecule has 3 aliphatic rings. The number of amides is 2. The molecule has 0 aromatic heterocycles. The summed E-state index contributed by atoms with van der Waals surface area (Å²) in [5.74, 6) is 0.338. The van der Waals surface area contributed by atoms with Crippen molar-refractivity contribution in [1.29, 1.82) is 0 Å². The average Bonchev–Trinajstić information content (AvgIpc) is 3.50. The normalized spacial score (nSPS) is 26.9. The molecule has 1 aromatic rings. The number of benzene rings is 1. The van der Waals surface area contributed by atoms with Gasteiger partial charge in [0.05, 0.1) is 13.0 Å². The minimum atomic E-state index is -0.504. The third-order valence-corrected chi connectivity index (χ3v) is 7.14. The number of piperidine rings is 2. The summed E-state index contributed by atoms with van der Waals surface area (Å²) < 4.78 is 5.50. The van der Waals surface area contributed by atoms with Gasteiger partial charge in [-0.25, -0.2) is 5.48 Å². The first-order chi connectivity index (χ1) is 14.0. The molecule has 158 valence electrons. The molecule has 2 amide bonds. The van der Waals surface area contributed by atoms with Crippen LogP contribution in [-0.4, -0.2) is 66.7 Å². The summed E-state index contributed by atoms with van der Waals surface area (Å²) in [6.07, 6.45) is 4.63. The standard InChI is InChI=1S/C22H31N3O4/c1-24-14-22(9-10-22)13-17(20(26)23-28)19(24)21(27)25-11-7-15(8-12-25)16-5-3-4-6-18(16)29-2/h3-6,15,17,19,28H,7-14H2,1-2H3,(H,23,26)/t17-,19-/m0/s1. The molecule has 7 nitrogen and oxygen atoms in total. The molecule has 0 radical (unpaired) electrons. The summed E-state index contributed by atoms with van der Waals surface area (Å²) in [6, 6.07) is 7.58. The smallest absolute Gasteiger partial charge is 0.248 e. The molecular formula is C22H31N3O4. The van der Waals surface area contributed by atoms with E-state index in [-0.39, 0.29) is 11.3 Å². The fraction of sp³-hybridized carbons (Fsp3) is 0.636. The fourth-order valence-electron chi connectivity index (χ4n) is 5.40. The van der Waals surface area contributed by atoms with Crippen molar-refractivity contribution in [3.63, 3.8) is 0 Å². The number of ether oxygens (including phenoxy) is 1. The first-order valence-corrected chi connectivity index (χ1v) is 10.5. The number of carbonyl (C=O) groups excluding carboxylic acids is 2. The maximum Gasteiger partial charge on any atom is 0.248 e. The Labute approximate surface area is 172 Å². The van der Waals surface area contributed by atoms with Crippen molar-refractivity contribution in [3.05, 3.63) is 29.8 Å². The summed E-state index contributed by atoms with van der Waals surface area (Å²) in [4.78, 5) is 29.7. The van der Waals surface area contributed by atoms with Gasteiger partial charge in [0.25, 0.3) is 0 Å². The molecule has 1 spiro atoms. The summed E-state index contributed by atoms with van der Waals surface area (Å²) in [5.41, 5.74) is 3.15. The number of hydrogen-bond donors (Lipinski definition) is 2. The van der Waals surface area contributed by atoms with Crippen LogP contribution < -0.4 is 10.2 Å². The number of nitrogens with one attached hydrogen (secondary N) is 1. The SMILES string of the molecule is COc1ccccc1C1CCN(C(=O)[C@@H]2[C@@H](C(=O)NO)CC3(CC3)CN2C)CC1. The van der Waals surface area contributed by atoms with Gasteiger partial charge in [0, 0.05) is 19.6 Å². The molecular weight excluding hydrogens is 370 g/mol. The number of nitrogens with zero attached hydrogens (tertiary/aromatic N) is 2. The third-order valence-electron chi connectivity index (χ3n) is 7.14. The number of carbonyl (C=O) groups is 2. The lowest BCUT2D eigenvalue weighted by atomic mass is 9.79. The number of hydroxylamine groups is 1. The van der Waals surface area contributed by atoms with Crippen LogP contribution in [0.15, 0.2) is 24.3 Å². The van der Waals surface area contributed by atoms with E-state index in [1.54, 1.807) is 12.6 Å². The van der Waals surface area contributed by atoms with Crippen LogP contribution in [0.25, 0.3) is 0 Å². The Morgan fingerprint density at radius 3 is 2.52 bits per heavy atom. The van der Waals surface area contributed by atoms with E-state index < -0.39 is 17.9 Å². The van der Waals surface area contributed by atoms with E-state index in [2.05, 4.69) is 6.07 Å².